The van der Waals surface area contributed by atoms with Crippen molar-refractivity contribution in [3.63, 3.8) is 0 Å². The maximum atomic E-state index is 5.94. The molecule has 0 aliphatic carbocycles. The van der Waals surface area contributed by atoms with Crippen molar-refractivity contribution in [3.05, 3.63) is 57.6 Å². The molecule has 0 radical (unpaired) electrons. The van der Waals surface area contributed by atoms with Gasteiger partial charge in [0, 0.05) is 15.7 Å². The van der Waals surface area contributed by atoms with Crippen molar-refractivity contribution in [1.82, 2.24) is 0 Å². The average molecular weight is 306 g/mol. The van der Waals surface area contributed by atoms with Gasteiger partial charge in [0.15, 0.2) is 0 Å². The Morgan fingerprint density at radius 2 is 1.94 bits per heavy atom. The van der Waals surface area contributed by atoms with Gasteiger partial charge < -0.3 is 10.5 Å². The second-order valence-electron chi connectivity index (χ2n) is 4.37. The van der Waals surface area contributed by atoms with Crippen molar-refractivity contribution >= 4 is 21.6 Å². The second kappa shape index (κ2) is 5.44. The van der Waals surface area contributed by atoms with Gasteiger partial charge in [-0.05, 0) is 43.2 Å². The summed E-state index contributed by atoms with van der Waals surface area (Å²) < 4.78 is 6.83. The van der Waals surface area contributed by atoms with Crippen molar-refractivity contribution in [2.45, 2.75) is 20.5 Å². The lowest BCUT2D eigenvalue weighted by Gasteiger charge is -2.12. The summed E-state index contributed by atoms with van der Waals surface area (Å²) in [6, 6.07) is 12.0. The topological polar surface area (TPSA) is 35.2 Å². The van der Waals surface area contributed by atoms with E-state index in [1.165, 1.54) is 5.56 Å². The number of benzene rings is 2. The highest BCUT2D eigenvalue weighted by Gasteiger charge is 2.06. The summed E-state index contributed by atoms with van der Waals surface area (Å²) in [6.07, 6.45) is 0. The lowest BCUT2D eigenvalue weighted by Crippen LogP contribution is -2.02. The molecule has 0 bridgehead atoms. The molecule has 2 rings (SSSR count). The van der Waals surface area contributed by atoms with Crippen molar-refractivity contribution < 1.29 is 4.74 Å². The summed E-state index contributed by atoms with van der Waals surface area (Å²) in [7, 11) is 0. The van der Waals surface area contributed by atoms with Crippen LogP contribution in [0.1, 0.15) is 16.7 Å². The Kier molecular flexibility index (Phi) is 3.92. The summed E-state index contributed by atoms with van der Waals surface area (Å²) in [4.78, 5) is 0. The van der Waals surface area contributed by atoms with E-state index in [0.29, 0.717) is 6.61 Å². The van der Waals surface area contributed by atoms with Gasteiger partial charge in [-0.2, -0.15) is 0 Å². The molecular weight excluding hydrogens is 290 g/mol. The molecule has 3 heteroatoms. The van der Waals surface area contributed by atoms with Crippen LogP contribution in [0, 0.1) is 13.8 Å². The fourth-order valence-electron chi connectivity index (χ4n) is 1.74. The Balaban J connectivity index is 2.19. The van der Waals surface area contributed by atoms with Crippen LogP contribution < -0.4 is 10.5 Å². The van der Waals surface area contributed by atoms with Crippen LogP contribution in [0.25, 0.3) is 0 Å². The van der Waals surface area contributed by atoms with Crippen LogP contribution in [0.2, 0.25) is 0 Å². The summed E-state index contributed by atoms with van der Waals surface area (Å²) in [6.45, 7) is 4.56. The van der Waals surface area contributed by atoms with Gasteiger partial charge in [-0.1, -0.05) is 34.1 Å². The SMILES string of the molecule is Cc1ccc(C)c(OCc2c(N)cccc2Br)c1. The average Bonchev–Trinajstić information content (AvgIpc) is 2.33. The minimum atomic E-state index is 0.470. The fraction of sp³-hybridized carbons (Fsp3) is 0.200. The Morgan fingerprint density at radius 1 is 1.17 bits per heavy atom. The molecule has 0 saturated heterocycles. The van der Waals surface area contributed by atoms with E-state index in [-0.39, 0.29) is 0 Å². The number of rotatable bonds is 3. The number of anilines is 1. The molecule has 0 amide bonds. The smallest absolute Gasteiger partial charge is 0.122 e. The van der Waals surface area contributed by atoms with Gasteiger partial charge in [-0.15, -0.1) is 0 Å². The molecule has 2 aromatic rings. The maximum Gasteiger partial charge on any atom is 0.122 e. The predicted molar refractivity (Wildman–Crippen MR) is 78.8 cm³/mol. The third-order valence-electron chi connectivity index (χ3n) is 2.87. The van der Waals surface area contributed by atoms with Crippen LogP contribution in [0.15, 0.2) is 40.9 Å². The standard InChI is InChI=1S/C15H16BrNO/c1-10-6-7-11(2)15(8-10)18-9-12-13(16)4-3-5-14(12)17/h3-8H,9,17H2,1-2H3. The van der Waals surface area contributed by atoms with Gasteiger partial charge in [0.05, 0.1) is 0 Å². The predicted octanol–water partition coefficient (Wildman–Crippen LogP) is 4.23. The molecule has 0 fully saturated rings. The van der Waals surface area contributed by atoms with Gasteiger partial charge >= 0.3 is 0 Å². The maximum absolute atomic E-state index is 5.94. The Labute approximate surface area is 116 Å². The highest BCUT2D eigenvalue weighted by atomic mass is 79.9. The third-order valence-corrected chi connectivity index (χ3v) is 3.61. The number of hydrogen-bond acceptors (Lipinski definition) is 2. The summed E-state index contributed by atoms with van der Waals surface area (Å²) in [5.74, 6) is 0.908. The lowest BCUT2D eigenvalue weighted by atomic mass is 10.1. The first-order chi connectivity index (χ1) is 8.58. The van der Waals surface area contributed by atoms with Gasteiger partial charge in [-0.25, -0.2) is 0 Å². The molecule has 0 aliphatic heterocycles. The number of nitrogen functional groups attached to an aromatic ring is 1. The Morgan fingerprint density at radius 3 is 2.67 bits per heavy atom. The van der Waals surface area contributed by atoms with E-state index >= 15 is 0 Å². The highest BCUT2D eigenvalue weighted by molar-refractivity contribution is 9.10. The quantitative estimate of drug-likeness (QED) is 0.861. The van der Waals surface area contributed by atoms with Gasteiger partial charge in [-0.3, -0.25) is 0 Å². The molecular formula is C15H16BrNO. The molecule has 2 N–H and O–H groups in total. The normalized spacial score (nSPS) is 10.4. The molecule has 0 spiro atoms. The molecule has 0 unspecified atom stereocenters. The number of hydrogen-bond donors (Lipinski definition) is 1. The van der Waals surface area contributed by atoms with Crippen molar-refractivity contribution in [3.8, 4) is 5.75 Å². The molecule has 0 aromatic heterocycles. The zero-order valence-electron chi connectivity index (χ0n) is 10.5. The van der Waals surface area contributed by atoms with Crippen LogP contribution in [0.4, 0.5) is 5.69 Å². The first kappa shape index (κ1) is 13.0. The van der Waals surface area contributed by atoms with Crippen LogP contribution in [-0.2, 0) is 6.61 Å². The molecule has 0 saturated carbocycles. The third kappa shape index (κ3) is 2.85. The minimum Gasteiger partial charge on any atom is -0.489 e. The van der Waals surface area contributed by atoms with Crippen molar-refractivity contribution in [1.29, 1.82) is 0 Å². The minimum absolute atomic E-state index is 0.470. The summed E-state index contributed by atoms with van der Waals surface area (Å²) in [5, 5.41) is 0. The lowest BCUT2D eigenvalue weighted by molar-refractivity contribution is 0.304. The number of nitrogens with two attached hydrogens (primary N) is 1. The number of aryl methyl sites for hydroxylation is 2. The van der Waals surface area contributed by atoms with E-state index in [1.54, 1.807) is 0 Å². The Hall–Kier alpha value is -1.48. The molecule has 2 nitrogen and oxygen atoms in total. The zero-order valence-corrected chi connectivity index (χ0v) is 12.1. The number of ether oxygens (including phenoxy) is 1. The molecule has 94 valence electrons. The van der Waals surface area contributed by atoms with Crippen LogP contribution >= 0.6 is 15.9 Å². The van der Waals surface area contributed by atoms with Crippen LogP contribution in [0.3, 0.4) is 0 Å². The molecule has 0 atom stereocenters. The van der Waals surface area contributed by atoms with E-state index in [9.17, 15) is 0 Å². The monoisotopic (exact) mass is 305 g/mol. The van der Waals surface area contributed by atoms with Crippen LogP contribution in [0.5, 0.6) is 5.75 Å². The Bertz CT molecular complexity index is 546. The van der Waals surface area contributed by atoms with Gasteiger partial charge in [0.25, 0.3) is 0 Å². The van der Waals surface area contributed by atoms with Crippen molar-refractivity contribution in [2.75, 3.05) is 5.73 Å². The van der Waals surface area contributed by atoms with E-state index in [2.05, 4.69) is 35.0 Å². The largest absolute Gasteiger partial charge is 0.489 e. The van der Waals surface area contributed by atoms with E-state index in [1.807, 2.05) is 31.2 Å². The zero-order chi connectivity index (χ0) is 13.1. The highest BCUT2D eigenvalue weighted by Crippen LogP contribution is 2.26. The van der Waals surface area contributed by atoms with Crippen LogP contribution in [-0.4, -0.2) is 0 Å². The van der Waals surface area contributed by atoms with E-state index < -0.39 is 0 Å². The van der Waals surface area contributed by atoms with Gasteiger partial charge in [0.2, 0.25) is 0 Å². The summed E-state index contributed by atoms with van der Waals surface area (Å²) >= 11 is 3.49. The molecule has 0 heterocycles. The van der Waals surface area contributed by atoms with E-state index in [0.717, 1.165) is 27.0 Å². The molecule has 2 aromatic carbocycles. The molecule has 0 aliphatic rings. The summed E-state index contributed by atoms with van der Waals surface area (Å²) in [5.41, 5.74) is 9.99. The number of halogens is 1. The van der Waals surface area contributed by atoms with Crippen molar-refractivity contribution in [2.24, 2.45) is 0 Å². The molecule has 18 heavy (non-hydrogen) atoms. The van der Waals surface area contributed by atoms with E-state index in [4.69, 9.17) is 10.5 Å². The first-order valence-corrected chi connectivity index (χ1v) is 6.60. The fourth-order valence-corrected chi connectivity index (χ4v) is 2.24. The van der Waals surface area contributed by atoms with Gasteiger partial charge in [0.1, 0.15) is 12.4 Å². The first-order valence-electron chi connectivity index (χ1n) is 5.81. The second-order valence-corrected chi connectivity index (χ2v) is 5.22.